The van der Waals surface area contributed by atoms with Crippen LogP contribution in [0, 0.1) is 0 Å². The maximum absolute atomic E-state index is 13.1. The molecule has 8 nitrogen and oxygen atoms in total. The SMILES string of the molecule is O=C(CSc1cccc(NC(=O)c2cccc3cccc(C(=O)O)c23)c1)Nc1ccc2c(c1)OCCO2. The van der Waals surface area contributed by atoms with Gasteiger partial charge >= 0.3 is 5.97 Å². The number of hydrogen-bond acceptors (Lipinski definition) is 6. The molecule has 4 aromatic rings. The zero-order valence-electron chi connectivity index (χ0n) is 19.5. The number of carboxylic acids is 1. The van der Waals surface area contributed by atoms with E-state index >= 15 is 0 Å². The number of carboxylic acid groups (broad SMARTS) is 1. The summed E-state index contributed by atoms with van der Waals surface area (Å²) in [6.45, 7) is 0.967. The van der Waals surface area contributed by atoms with Gasteiger partial charge in [0.15, 0.2) is 11.5 Å². The van der Waals surface area contributed by atoms with Crippen molar-refractivity contribution < 1.29 is 29.0 Å². The largest absolute Gasteiger partial charge is 0.486 e. The fourth-order valence-electron chi connectivity index (χ4n) is 4.04. The fourth-order valence-corrected chi connectivity index (χ4v) is 4.79. The minimum atomic E-state index is -1.10. The molecule has 1 aliphatic heterocycles. The molecule has 0 aromatic heterocycles. The lowest BCUT2D eigenvalue weighted by Gasteiger charge is -2.19. The van der Waals surface area contributed by atoms with Crippen LogP contribution in [0.5, 0.6) is 11.5 Å². The average Bonchev–Trinajstić information content (AvgIpc) is 2.91. The summed E-state index contributed by atoms with van der Waals surface area (Å²) in [5.74, 6) is -0.288. The van der Waals surface area contributed by atoms with Gasteiger partial charge in [-0.2, -0.15) is 0 Å². The zero-order chi connectivity index (χ0) is 25.8. The van der Waals surface area contributed by atoms with Crippen molar-refractivity contribution in [3.63, 3.8) is 0 Å². The first kappa shape index (κ1) is 24.2. The number of nitrogens with one attached hydrogen (secondary N) is 2. The van der Waals surface area contributed by atoms with E-state index in [2.05, 4.69) is 10.6 Å². The summed E-state index contributed by atoms with van der Waals surface area (Å²) < 4.78 is 11.0. The Morgan fingerprint density at radius 2 is 1.49 bits per heavy atom. The first-order valence-corrected chi connectivity index (χ1v) is 12.5. The smallest absolute Gasteiger partial charge is 0.336 e. The van der Waals surface area contributed by atoms with Crippen LogP contribution in [0.25, 0.3) is 10.8 Å². The van der Waals surface area contributed by atoms with Gasteiger partial charge < -0.3 is 25.2 Å². The molecule has 1 aliphatic rings. The van der Waals surface area contributed by atoms with Gasteiger partial charge in [-0.05, 0) is 47.9 Å². The molecule has 4 aromatic carbocycles. The average molecular weight is 515 g/mol. The number of rotatable bonds is 7. The number of hydrogen-bond donors (Lipinski definition) is 3. The summed E-state index contributed by atoms with van der Waals surface area (Å²) in [7, 11) is 0. The summed E-state index contributed by atoms with van der Waals surface area (Å²) in [5.41, 5.74) is 1.49. The summed E-state index contributed by atoms with van der Waals surface area (Å²) in [5, 5.41) is 16.3. The van der Waals surface area contributed by atoms with Crippen molar-refractivity contribution >= 4 is 51.7 Å². The monoisotopic (exact) mass is 514 g/mol. The number of carbonyl (C=O) groups excluding carboxylic acids is 2. The molecule has 3 N–H and O–H groups in total. The van der Waals surface area contributed by atoms with Crippen LogP contribution in [0.3, 0.4) is 0 Å². The van der Waals surface area contributed by atoms with E-state index < -0.39 is 11.9 Å². The van der Waals surface area contributed by atoms with E-state index in [0.29, 0.717) is 46.9 Å². The fraction of sp³-hybridized carbons (Fsp3) is 0.107. The van der Waals surface area contributed by atoms with E-state index in [-0.39, 0.29) is 22.8 Å². The van der Waals surface area contributed by atoms with Crippen molar-refractivity contribution in [2.45, 2.75) is 4.90 Å². The molecule has 5 rings (SSSR count). The van der Waals surface area contributed by atoms with Gasteiger partial charge in [-0.3, -0.25) is 9.59 Å². The van der Waals surface area contributed by atoms with E-state index in [1.807, 2.05) is 6.07 Å². The van der Waals surface area contributed by atoms with Crippen molar-refractivity contribution in [1.29, 1.82) is 0 Å². The van der Waals surface area contributed by atoms with Crippen LogP contribution in [-0.2, 0) is 4.79 Å². The molecule has 0 bridgehead atoms. The molecule has 0 saturated heterocycles. The van der Waals surface area contributed by atoms with Gasteiger partial charge in [0.25, 0.3) is 5.91 Å². The molecule has 0 saturated carbocycles. The first-order valence-electron chi connectivity index (χ1n) is 11.5. The summed E-state index contributed by atoms with van der Waals surface area (Å²) in [4.78, 5) is 38.1. The summed E-state index contributed by atoms with van der Waals surface area (Å²) in [6.07, 6.45) is 0. The van der Waals surface area contributed by atoms with E-state index in [4.69, 9.17) is 9.47 Å². The highest BCUT2D eigenvalue weighted by Gasteiger charge is 2.17. The Kier molecular flexibility index (Phi) is 6.96. The van der Waals surface area contributed by atoms with E-state index in [9.17, 15) is 19.5 Å². The van der Waals surface area contributed by atoms with Crippen molar-refractivity contribution in [2.24, 2.45) is 0 Å². The Hall–Kier alpha value is -4.50. The second-order valence-electron chi connectivity index (χ2n) is 8.19. The van der Waals surface area contributed by atoms with Crippen LogP contribution >= 0.6 is 11.8 Å². The van der Waals surface area contributed by atoms with Crippen LogP contribution in [0.4, 0.5) is 11.4 Å². The van der Waals surface area contributed by atoms with Gasteiger partial charge in [0.1, 0.15) is 13.2 Å². The zero-order valence-corrected chi connectivity index (χ0v) is 20.3. The molecule has 37 heavy (non-hydrogen) atoms. The van der Waals surface area contributed by atoms with Crippen LogP contribution in [-0.4, -0.2) is 41.9 Å². The van der Waals surface area contributed by atoms with Crippen molar-refractivity contribution in [1.82, 2.24) is 0 Å². The number of fused-ring (bicyclic) bond motifs is 2. The minimum Gasteiger partial charge on any atom is -0.486 e. The molecule has 2 amide bonds. The molecule has 9 heteroatoms. The minimum absolute atomic E-state index is 0.0663. The lowest BCUT2D eigenvalue weighted by molar-refractivity contribution is -0.113. The van der Waals surface area contributed by atoms with E-state index in [1.165, 1.54) is 17.8 Å². The second kappa shape index (κ2) is 10.6. The number of aromatic carboxylic acids is 1. The molecule has 186 valence electrons. The van der Waals surface area contributed by atoms with E-state index in [1.54, 1.807) is 66.7 Å². The predicted octanol–water partition coefficient (Wildman–Crippen LogP) is 5.29. The molecular weight excluding hydrogens is 492 g/mol. The lowest BCUT2D eigenvalue weighted by Crippen LogP contribution is -2.17. The Labute approximate surface area is 216 Å². The van der Waals surface area contributed by atoms with Gasteiger partial charge in [0.2, 0.25) is 5.91 Å². The number of thioether (sulfide) groups is 1. The summed E-state index contributed by atoms with van der Waals surface area (Å²) in [6, 6.07) is 22.4. The molecule has 0 spiro atoms. The molecule has 1 heterocycles. The third-order valence-corrected chi connectivity index (χ3v) is 6.66. The van der Waals surface area contributed by atoms with Crippen molar-refractivity contribution in [3.05, 3.63) is 90.0 Å². The van der Waals surface area contributed by atoms with Crippen LogP contribution in [0.2, 0.25) is 0 Å². The van der Waals surface area contributed by atoms with E-state index in [0.717, 1.165) is 4.90 Å². The highest BCUT2D eigenvalue weighted by Crippen LogP contribution is 2.33. The Balaban J connectivity index is 1.24. The van der Waals surface area contributed by atoms with Crippen LogP contribution < -0.4 is 20.1 Å². The van der Waals surface area contributed by atoms with Crippen molar-refractivity contribution in [2.75, 3.05) is 29.6 Å². The van der Waals surface area contributed by atoms with Crippen molar-refractivity contribution in [3.8, 4) is 11.5 Å². The third kappa shape index (κ3) is 5.52. The maximum Gasteiger partial charge on any atom is 0.336 e. The number of anilines is 2. The molecule has 0 aliphatic carbocycles. The molecule has 0 unspecified atom stereocenters. The summed E-state index contributed by atoms with van der Waals surface area (Å²) >= 11 is 1.33. The van der Waals surface area contributed by atoms with Gasteiger partial charge in [0.05, 0.1) is 11.3 Å². The maximum atomic E-state index is 13.1. The number of amides is 2. The van der Waals surface area contributed by atoms with Gasteiger partial charge in [0, 0.05) is 33.3 Å². The highest BCUT2D eigenvalue weighted by molar-refractivity contribution is 8.00. The molecule has 0 atom stereocenters. The van der Waals surface area contributed by atoms with Gasteiger partial charge in [-0.25, -0.2) is 4.79 Å². The Bertz CT molecular complexity index is 1510. The molecule has 0 fully saturated rings. The van der Waals surface area contributed by atoms with Gasteiger partial charge in [-0.15, -0.1) is 11.8 Å². The third-order valence-electron chi connectivity index (χ3n) is 5.67. The highest BCUT2D eigenvalue weighted by atomic mass is 32.2. The number of benzene rings is 4. The van der Waals surface area contributed by atoms with Crippen LogP contribution in [0.15, 0.2) is 83.8 Å². The lowest BCUT2D eigenvalue weighted by atomic mass is 9.98. The normalized spacial score (nSPS) is 12.1. The molecule has 0 radical (unpaired) electrons. The number of ether oxygens (including phenoxy) is 2. The Morgan fingerprint density at radius 1 is 0.784 bits per heavy atom. The second-order valence-corrected chi connectivity index (χ2v) is 9.24. The predicted molar refractivity (Wildman–Crippen MR) is 142 cm³/mol. The topological polar surface area (TPSA) is 114 Å². The standard InChI is InChI=1S/C28H22N2O6S/c31-25(29-19-10-11-23-24(15-19)36-13-12-35-23)16-37-20-7-3-6-18(14-20)30-27(32)21-8-1-4-17-5-2-9-22(26(17)21)28(33)34/h1-11,14-15H,12-13,16H2,(H,29,31)(H,30,32)(H,33,34). The molecular formula is C28H22N2O6S. The quantitative estimate of drug-likeness (QED) is 0.287. The number of carbonyl (C=O) groups is 3. The van der Waals surface area contributed by atoms with Gasteiger partial charge in [-0.1, -0.05) is 30.3 Å². The first-order chi connectivity index (χ1) is 18.0. The van der Waals surface area contributed by atoms with Crippen LogP contribution in [0.1, 0.15) is 20.7 Å². The Morgan fingerprint density at radius 3 is 2.27 bits per heavy atom.